The standard InChI is InChI=1S/C19H25N3O2/c1-16(23)15-20-10-12-22(13-11-20)19(24)14-17-4-6-18(7-5-17)21-8-2-3-9-21/h2-9,16,23H,10-15H2,1H3/t16-/m0/s1. The minimum absolute atomic E-state index is 0.181. The van der Waals surface area contributed by atoms with Crippen LogP contribution in [0.1, 0.15) is 12.5 Å². The Morgan fingerprint density at radius 1 is 1.08 bits per heavy atom. The highest BCUT2D eigenvalue weighted by atomic mass is 16.3. The van der Waals surface area contributed by atoms with E-state index < -0.39 is 0 Å². The van der Waals surface area contributed by atoms with Crippen molar-refractivity contribution in [2.24, 2.45) is 0 Å². The van der Waals surface area contributed by atoms with Crippen molar-refractivity contribution in [1.29, 1.82) is 0 Å². The van der Waals surface area contributed by atoms with Crippen LogP contribution in [0.4, 0.5) is 0 Å². The lowest BCUT2D eigenvalue weighted by atomic mass is 10.1. The van der Waals surface area contributed by atoms with Gasteiger partial charge in [0.25, 0.3) is 0 Å². The molecule has 0 radical (unpaired) electrons. The van der Waals surface area contributed by atoms with E-state index in [4.69, 9.17) is 0 Å². The summed E-state index contributed by atoms with van der Waals surface area (Å²) in [6, 6.07) is 12.1. The lowest BCUT2D eigenvalue weighted by Crippen LogP contribution is -2.50. The zero-order chi connectivity index (χ0) is 16.9. The summed E-state index contributed by atoms with van der Waals surface area (Å²) < 4.78 is 2.05. The van der Waals surface area contributed by atoms with Crippen LogP contribution in [0.2, 0.25) is 0 Å². The molecule has 5 heteroatoms. The first-order valence-electron chi connectivity index (χ1n) is 8.52. The summed E-state index contributed by atoms with van der Waals surface area (Å²) in [5.74, 6) is 0.181. The highest BCUT2D eigenvalue weighted by Crippen LogP contribution is 2.12. The average molecular weight is 327 g/mol. The molecule has 1 aliphatic heterocycles. The summed E-state index contributed by atoms with van der Waals surface area (Å²) >= 11 is 0. The van der Waals surface area contributed by atoms with Crippen molar-refractivity contribution in [2.75, 3.05) is 32.7 Å². The Kier molecular flexibility index (Phi) is 5.33. The maximum atomic E-state index is 12.5. The quantitative estimate of drug-likeness (QED) is 0.906. The van der Waals surface area contributed by atoms with Crippen LogP contribution in [-0.2, 0) is 11.2 Å². The molecule has 0 spiro atoms. The molecule has 5 nitrogen and oxygen atoms in total. The molecule has 0 bridgehead atoms. The summed E-state index contributed by atoms with van der Waals surface area (Å²) in [6.07, 6.45) is 4.15. The summed E-state index contributed by atoms with van der Waals surface area (Å²) in [5, 5.41) is 9.44. The van der Waals surface area contributed by atoms with Crippen molar-refractivity contribution in [3.8, 4) is 5.69 Å². The van der Waals surface area contributed by atoms with Gasteiger partial charge in [0.1, 0.15) is 0 Å². The molecule has 1 aliphatic rings. The van der Waals surface area contributed by atoms with Crippen LogP contribution in [0.25, 0.3) is 5.69 Å². The Balaban J connectivity index is 1.52. The summed E-state index contributed by atoms with van der Waals surface area (Å²) in [7, 11) is 0. The van der Waals surface area contributed by atoms with Gasteiger partial charge in [-0.3, -0.25) is 9.69 Å². The molecular weight excluding hydrogens is 302 g/mol. The number of piperazine rings is 1. The number of aromatic nitrogens is 1. The maximum absolute atomic E-state index is 12.5. The van der Waals surface area contributed by atoms with Crippen molar-refractivity contribution in [3.05, 3.63) is 54.4 Å². The number of β-amino-alcohol motifs (C(OH)–C–C–N with tert-alkyl or cyclic N) is 1. The molecule has 1 N–H and O–H groups in total. The molecule has 0 saturated carbocycles. The Labute approximate surface area is 143 Å². The van der Waals surface area contributed by atoms with E-state index in [1.807, 2.05) is 58.3 Å². The zero-order valence-electron chi connectivity index (χ0n) is 14.1. The van der Waals surface area contributed by atoms with E-state index in [1.165, 1.54) is 0 Å². The predicted molar refractivity (Wildman–Crippen MR) is 94.2 cm³/mol. The first-order valence-corrected chi connectivity index (χ1v) is 8.52. The zero-order valence-corrected chi connectivity index (χ0v) is 14.1. The highest BCUT2D eigenvalue weighted by molar-refractivity contribution is 5.79. The topological polar surface area (TPSA) is 48.7 Å². The van der Waals surface area contributed by atoms with Gasteiger partial charge in [0.05, 0.1) is 12.5 Å². The number of carbonyl (C=O) groups excluding carboxylic acids is 1. The van der Waals surface area contributed by atoms with Gasteiger partial charge in [-0.15, -0.1) is 0 Å². The second-order valence-electron chi connectivity index (χ2n) is 6.46. The minimum atomic E-state index is -0.314. The van der Waals surface area contributed by atoms with Crippen molar-refractivity contribution in [3.63, 3.8) is 0 Å². The van der Waals surface area contributed by atoms with Gasteiger partial charge in [-0.05, 0) is 36.8 Å². The van der Waals surface area contributed by atoms with E-state index in [9.17, 15) is 9.90 Å². The van der Waals surface area contributed by atoms with Gasteiger partial charge in [0.15, 0.2) is 0 Å². The van der Waals surface area contributed by atoms with Gasteiger partial charge in [0, 0.05) is 50.8 Å². The second-order valence-corrected chi connectivity index (χ2v) is 6.46. The fraction of sp³-hybridized carbons (Fsp3) is 0.421. The SMILES string of the molecule is C[C@H](O)CN1CCN(C(=O)Cc2ccc(-n3cccc3)cc2)CC1. The number of hydrogen-bond donors (Lipinski definition) is 1. The van der Waals surface area contributed by atoms with Crippen molar-refractivity contribution in [2.45, 2.75) is 19.4 Å². The number of benzene rings is 1. The van der Waals surface area contributed by atoms with E-state index in [2.05, 4.69) is 4.90 Å². The van der Waals surface area contributed by atoms with Crippen LogP contribution in [0.3, 0.4) is 0 Å². The molecule has 1 aromatic carbocycles. The largest absolute Gasteiger partial charge is 0.392 e. The van der Waals surface area contributed by atoms with Gasteiger partial charge < -0.3 is 14.6 Å². The molecule has 0 aliphatic carbocycles. The maximum Gasteiger partial charge on any atom is 0.227 e. The predicted octanol–water partition coefficient (Wildman–Crippen LogP) is 1.54. The first kappa shape index (κ1) is 16.7. The third-order valence-corrected chi connectivity index (χ3v) is 4.44. The Morgan fingerprint density at radius 2 is 1.71 bits per heavy atom. The van der Waals surface area contributed by atoms with Crippen LogP contribution in [0.15, 0.2) is 48.8 Å². The van der Waals surface area contributed by atoms with Gasteiger partial charge >= 0.3 is 0 Å². The van der Waals surface area contributed by atoms with Crippen LogP contribution < -0.4 is 0 Å². The normalized spacial score (nSPS) is 17.0. The van der Waals surface area contributed by atoms with Crippen LogP contribution in [-0.4, -0.2) is 64.2 Å². The number of nitrogens with zero attached hydrogens (tertiary/aromatic N) is 3. The molecular formula is C19H25N3O2. The molecule has 1 atom stereocenters. The third kappa shape index (κ3) is 4.24. The molecule has 2 aromatic rings. The van der Waals surface area contributed by atoms with Crippen LogP contribution in [0, 0.1) is 0 Å². The van der Waals surface area contributed by atoms with Crippen LogP contribution in [0.5, 0.6) is 0 Å². The van der Waals surface area contributed by atoms with Crippen molar-refractivity contribution < 1.29 is 9.90 Å². The number of rotatable bonds is 5. The number of amides is 1. The van der Waals surface area contributed by atoms with E-state index in [-0.39, 0.29) is 12.0 Å². The second kappa shape index (κ2) is 7.64. The first-order chi connectivity index (χ1) is 11.6. The number of carbonyl (C=O) groups is 1. The van der Waals surface area contributed by atoms with Gasteiger partial charge in [-0.25, -0.2) is 0 Å². The Hall–Kier alpha value is -2.11. The Morgan fingerprint density at radius 3 is 2.29 bits per heavy atom. The molecule has 2 heterocycles. The van der Waals surface area contributed by atoms with E-state index in [0.29, 0.717) is 13.0 Å². The molecule has 1 aromatic heterocycles. The molecule has 1 fully saturated rings. The molecule has 128 valence electrons. The number of hydrogen-bond acceptors (Lipinski definition) is 3. The monoisotopic (exact) mass is 327 g/mol. The molecule has 24 heavy (non-hydrogen) atoms. The third-order valence-electron chi connectivity index (χ3n) is 4.44. The average Bonchev–Trinajstić information content (AvgIpc) is 3.10. The summed E-state index contributed by atoms with van der Waals surface area (Å²) in [4.78, 5) is 16.6. The van der Waals surface area contributed by atoms with Gasteiger partial charge in [-0.1, -0.05) is 12.1 Å². The molecule has 3 rings (SSSR count). The summed E-state index contributed by atoms with van der Waals surface area (Å²) in [6.45, 7) is 5.64. The lowest BCUT2D eigenvalue weighted by Gasteiger charge is -2.35. The van der Waals surface area contributed by atoms with Crippen LogP contribution >= 0.6 is 0 Å². The van der Waals surface area contributed by atoms with Gasteiger partial charge in [0.2, 0.25) is 5.91 Å². The highest BCUT2D eigenvalue weighted by Gasteiger charge is 2.21. The fourth-order valence-corrected chi connectivity index (χ4v) is 3.13. The van der Waals surface area contributed by atoms with E-state index in [0.717, 1.165) is 37.4 Å². The van der Waals surface area contributed by atoms with Gasteiger partial charge in [-0.2, -0.15) is 0 Å². The lowest BCUT2D eigenvalue weighted by molar-refractivity contribution is -0.132. The summed E-state index contributed by atoms with van der Waals surface area (Å²) in [5.41, 5.74) is 2.14. The van der Waals surface area contributed by atoms with E-state index >= 15 is 0 Å². The Bertz CT molecular complexity index is 642. The smallest absolute Gasteiger partial charge is 0.227 e. The molecule has 1 saturated heterocycles. The molecule has 1 amide bonds. The number of aliphatic hydroxyl groups is 1. The fourth-order valence-electron chi connectivity index (χ4n) is 3.13. The van der Waals surface area contributed by atoms with Crippen molar-refractivity contribution in [1.82, 2.24) is 14.4 Å². The van der Waals surface area contributed by atoms with E-state index in [1.54, 1.807) is 6.92 Å². The minimum Gasteiger partial charge on any atom is -0.392 e. The number of aliphatic hydroxyl groups excluding tert-OH is 1. The van der Waals surface area contributed by atoms with Crippen molar-refractivity contribution >= 4 is 5.91 Å². The molecule has 0 unspecified atom stereocenters.